The van der Waals surface area contributed by atoms with Crippen molar-refractivity contribution >= 4 is 21.6 Å². The molecule has 0 saturated heterocycles. The van der Waals surface area contributed by atoms with Gasteiger partial charge in [0.2, 0.25) is 10.0 Å². The predicted molar refractivity (Wildman–Crippen MR) is 150 cm³/mol. The maximum Gasteiger partial charge on any atom is 0.251 e. The Bertz CT molecular complexity index is 1460. The Morgan fingerprint density at radius 1 is 0.816 bits per heavy atom. The first-order valence-corrected chi connectivity index (χ1v) is 14.0. The molecule has 0 saturated carbocycles. The van der Waals surface area contributed by atoms with E-state index in [1.165, 1.54) is 10.6 Å². The molecule has 0 heterocycles. The fourth-order valence-corrected chi connectivity index (χ4v) is 4.87. The molecule has 8 heteroatoms. The molecule has 0 aromatic heterocycles. The number of nitrogens with one attached hydrogen (secondary N) is 1. The summed E-state index contributed by atoms with van der Waals surface area (Å²) in [6.07, 6.45) is 1.20. The highest BCUT2D eigenvalue weighted by Gasteiger charge is 2.21. The van der Waals surface area contributed by atoms with Crippen molar-refractivity contribution in [2.24, 2.45) is 0 Å². The summed E-state index contributed by atoms with van der Waals surface area (Å²) in [4.78, 5) is 12.6. The lowest BCUT2D eigenvalue weighted by Gasteiger charge is -2.25. The second kappa shape index (κ2) is 12.3. The third-order valence-corrected chi connectivity index (χ3v) is 7.04. The lowest BCUT2D eigenvalue weighted by atomic mass is 10.0. The molecule has 38 heavy (non-hydrogen) atoms. The van der Waals surface area contributed by atoms with E-state index in [0.717, 1.165) is 22.4 Å². The lowest BCUT2D eigenvalue weighted by molar-refractivity contribution is 0.0947. The molecule has 4 aromatic carbocycles. The maximum atomic E-state index is 12.8. The maximum absolute atomic E-state index is 12.8. The lowest BCUT2D eigenvalue weighted by Crippen LogP contribution is -2.30. The zero-order valence-electron chi connectivity index (χ0n) is 21.3. The zero-order valence-corrected chi connectivity index (χ0v) is 22.1. The first-order valence-electron chi connectivity index (χ1n) is 12.1. The van der Waals surface area contributed by atoms with Crippen molar-refractivity contribution in [2.45, 2.75) is 6.54 Å². The summed E-state index contributed by atoms with van der Waals surface area (Å²) in [5.74, 6) is 1.20. The first-order chi connectivity index (χ1) is 18.3. The van der Waals surface area contributed by atoms with Crippen LogP contribution in [0.25, 0.3) is 11.1 Å². The van der Waals surface area contributed by atoms with E-state index in [0.29, 0.717) is 30.2 Å². The second-order valence-corrected chi connectivity index (χ2v) is 10.5. The number of carbonyl (C=O) groups excluding carboxylic acids is 1. The van der Waals surface area contributed by atoms with Crippen LogP contribution < -0.4 is 19.1 Å². The summed E-state index contributed by atoms with van der Waals surface area (Å²) in [6.45, 7) is 0.797. The van der Waals surface area contributed by atoms with Gasteiger partial charge in [-0.3, -0.25) is 9.10 Å². The summed E-state index contributed by atoms with van der Waals surface area (Å²) >= 11 is 0. The third kappa shape index (κ3) is 6.92. The number of methoxy groups -OCH3 is 1. The van der Waals surface area contributed by atoms with Crippen LogP contribution in [0.4, 0.5) is 5.69 Å². The molecule has 1 N–H and O–H groups in total. The molecule has 0 aliphatic carbocycles. The summed E-state index contributed by atoms with van der Waals surface area (Å²) < 4.78 is 37.8. The molecule has 1 amide bonds. The summed E-state index contributed by atoms with van der Waals surface area (Å²) in [5.41, 5.74) is 3.59. The largest absolute Gasteiger partial charge is 0.497 e. The minimum Gasteiger partial charge on any atom is -0.497 e. The molecule has 0 radical (unpaired) electrons. The number of carbonyl (C=O) groups is 1. The number of anilines is 1. The number of hydrogen-bond acceptors (Lipinski definition) is 5. The van der Waals surface area contributed by atoms with Gasteiger partial charge in [-0.2, -0.15) is 0 Å². The molecule has 4 aromatic rings. The fraction of sp³-hybridized carbons (Fsp3) is 0.167. The average molecular weight is 531 g/mol. The van der Waals surface area contributed by atoms with Crippen molar-refractivity contribution in [2.75, 3.05) is 30.8 Å². The Hall–Kier alpha value is -4.30. The van der Waals surface area contributed by atoms with Crippen molar-refractivity contribution in [3.63, 3.8) is 0 Å². The molecular formula is C30H30N2O5S. The van der Waals surface area contributed by atoms with Crippen molar-refractivity contribution in [3.8, 4) is 22.6 Å². The van der Waals surface area contributed by atoms with E-state index in [4.69, 9.17) is 9.47 Å². The van der Waals surface area contributed by atoms with Crippen LogP contribution in [0.1, 0.15) is 15.9 Å². The topological polar surface area (TPSA) is 84.9 Å². The molecule has 0 aliphatic rings. The van der Waals surface area contributed by atoms with Gasteiger partial charge in [-0.15, -0.1) is 0 Å². The normalized spacial score (nSPS) is 11.0. The number of sulfonamides is 1. The number of rotatable bonds is 11. The molecule has 0 aliphatic heterocycles. The molecule has 0 atom stereocenters. The van der Waals surface area contributed by atoms with Crippen LogP contribution in [0, 0.1) is 0 Å². The van der Waals surface area contributed by atoms with Crippen LogP contribution in [-0.2, 0) is 16.6 Å². The van der Waals surface area contributed by atoms with Crippen molar-refractivity contribution < 1.29 is 22.7 Å². The number of benzene rings is 4. The quantitative estimate of drug-likeness (QED) is 0.272. The van der Waals surface area contributed by atoms with Crippen molar-refractivity contribution in [3.05, 3.63) is 114 Å². The van der Waals surface area contributed by atoms with Crippen molar-refractivity contribution in [1.82, 2.24) is 5.32 Å². The zero-order chi connectivity index (χ0) is 27.0. The minimum atomic E-state index is -3.58. The highest BCUT2D eigenvalue weighted by molar-refractivity contribution is 7.92. The van der Waals surface area contributed by atoms with Gasteiger partial charge in [-0.25, -0.2) is 8.42 Å². The number of nitrogens with zero attached hydrogens (tertiary/aromatic N) is 1. The molecule has 0 fully saturated rings. The standard InChI is InChI=1S/C30H30N2O5S/c1-36-26-16-18-27(19-17-26)37-21-20-31-30(33)25-14-12-23(13-15-25)22-32(38(2,34)35)29-11-7-6-10-28(29)24-8-4-3-5-9-24/h3-19H,20-22H2,1-2H3,(H,31,33). The Morgan fingerprint density at radius 2 is 1.45 bits per heavy atom. The van der Waals surface area contributed by atoms with E-state index in [-0.39, 0.29) is 12.5 Å². The Labute approximate surface area is 223 Å². The van der Waals surface area contributed by atoms with Gasteiger partial charge in [0.25, 0.3) is 5.91 Å². The highest BCUT2D eigenvalue weighted by Crippen LogP contribution is 2.33. The fourth-order valence-electron chi connectivity index (χ4n) is 3.97. The van der Waals surface area contributed by atoms with E-state index in [2.05, 4.69) is 5.32 Å². The third-order valence-electron chi connectivity index (χ3n) is 5.92. The minimum absolute atomic E-state index is 0.139. The van der Waals surface area contributed by atoms with Gasteiger partial charge in [-0.1, -0.05) is 60.7 Å². The summed E-state index contributed by atoms with van der Waals surface area (Å²) in [7, 11) is -1.98. The smallest absolute Gasteiger partial charge is 0.251 e. The van der Waals surface area contributed by atoms with Gasteiger partial charge < -0.3 is 14.8 Å². The van der Waals surface area contributed by atoms with Crippen LogP contribution in [0.3, 0.4) is 0 Å². The SMILES string of the molecule is COc1ccc(OCCNC(=O)c2ccc(CN(c3ccccc3-c3ccccc3)S(C)(=O)=O)cc2)cc1. The van der Waals surface area contributed by atoms with Crippen LogP contribution in [-0.4, -0.2) is 40.8 Å². The number of hydrogen-bond donors (Lipinski definition) is 1. The number of ether oxygens (including phenoxy) is 2. The van der Waals surface area contributed by atoms with E-state index < -0.39 is 10.0 Å². The van der Waals surface area contributed by atoms with Crippen LogP contribution in [0.5, 0.6) is 11.5 Å². The number of para-hydroxylation sites is 1. The van der Waals surface area contributed by atoms with Gasteiger partial charge in [0.05, 0.1) is 32.1 Å². The van der Waals surface area contributed by atoms with Gasteiger partial charge >= 0.3 is 0 Å². The van der Waals surface area contributed by atoms with E-state index >= 15 is 0 Å². The van der Waals surface area contributed by atoms with E-state index in [1.807, 2.05) is 48.5 Å². The number of amides is 1. The predicted octanol–water partition coefficient (Wildman–Crippen LogP) is 5.14. The molecular weight excluding hydrogens is 500 g/mol. The molecule has 7 nitrogen and oxygen atoms in total. The first kappa shape index (κ1) is 26.8. The van der Waals surface area contributed by atoms with Gasteiger partial charge in [-0.05, 0) is 53.6 Å². The summed E-state index contributed by atoms with van der Waals surface area (Å²) in [6, 6.07) is 31.3. The molecule has 196 valence electrons. The Morgan fingerprint density at radius 3 is 2.11 bits per heavy atom. The van der Waals surface area contributed by atoms with Crippen LogP contribution in [0.2, 0.25) is 0 Å². The second-order valence-electron chi connectivity index (χ2n) is 8.63. The average Bonchev–Trinajstić information content (AvgIpc) is 2.94. The van der Waals surface area contributed by atoms with Crippen LogP contribution >= 0.6 is 0 Å². The molecule has 0 bridgehead atoms. The summed E-state index contributed by atoms with van der Waals surface area (Å²) in [5, 5.41) is 2.83. The van der Waals surface area contributed by atoms with E-state index in [1.54, 1.807) is 61.7 Å². The van der Waals surface area contributed by atoms with Gasteiger partial charge in [0.15, 0.2) is 0 Å². The molecule has 4 rings (SSSR count). The monoisotopic (exact) mass is 530 g/mol. The molecule has 0 unspecified atom stereocenters. The van der Waals surface area contributed by atoms with Crippen LogP contribution in [0.15, 0.2) is 103 Å². The van der Waals surface area contributed by atoms with Gasteiger partial charge in [0.1, 0.15) is 18.1 Å². The molecule has 0 spiro atoms. The van der Waals surface area contributed by atoms with E-state index in [9.17, 15) is 13.2 Å². The Kier molecular flexibility index (Phi) is 8.66. The highest BCUT2D eigenvalue weighted by atomic mass is 32.2. The van der Waals surface area contributed by atoms with Crippen molar-refractivity contribution in [1.29, 1.82) is 0 Å². The van der Waals surface area contributed by atoms with Gasteiger partial charge in [0, 0.05) is 11.1 Å². The Balaban J connectivity index is 1.40.